The summed E-state index contributed by atoms with van der Waals surface area (Å²) < 4.78 is 26.8. The van der Waals surface area contributed by atoms with Crippen LogP contribution >= 0.6 is 11.6 Å². The minimum absolute atomic E-state index is 0.0951. The second kappa shape index (κ2) is 7.04. The molecule has 4 nitrogen and oxygen atoms in total. The van der Waals surface area contributed by atoms with Crippen molar-refractivity contribution < 1.29 is 13.5 Å². The van der Waals surface area contributed by atoms with Crippen LogP contribution in [-0.4, -0.2) is 20.1 Å². The smallest absolute Gasteiger partial charge is 0.240 e. The predicted molar refractivity (Wildman–Crippen MR) is 82.7 cm³/mol. The largest absolute Gasteiger partial charge is 0.392 e. The van der Waals surface area contributed by atoms with Crippen LogP contribution in [0.15, 0.2) is 53.4 Å². The van der Waals surface area contributed by atoms with Crippen molar-refractivity contribution >= 4 is 21.6 Å². The summed E-state index contributed by atoms with van der Waals surface area (Å²) in [4.78, 5) is 0.0951. The van der Waals surface area contributed by atoms with E-state index >= 15 is 0 Å². The number of aliphatic hydroxyl groups excluding tert-OH is 1. The molecule has 2 aromatic carbocycles. The fourth-order valence-electron chi connectivity index (χ4n) is 1.88. The molecule has 0 fully saturated rings. The number of hydrogen-bond acceptors (Lipinski definition) is 3. The molecule has 2 rings (SSSR count). The van der Waals surface area contributed by atoms with Crippen LogP contribution in [0.1, 0.15) is 11.1 Å². The molecule has 0 heterocycles. The van der Waals surface area contributed by atoms with Crippen molar-refractivity contribution in [1.82, 2.24) is 4.72 Å². The van der Waals surface area contributed by atoms with E-state index in [1.54, 1.807) is 0 Å². The Kier molecular flexibility index (Phi) is 5.36. The van der Waals surface area contributed by atoms with Crippen LogP contribution in [-0.2, 0) is 23.1 Å². The maximum atomic E-state index is 12.1. The lowest BCUT2D eigenvalue weighted by atomic mass is 10.2. The van der Waals surface area contributed by atoms with Crippen molar-refractivity contribution in [3.63, 3.8) is 0 Å². The average molecular weight is 326 g/mol. The summed E-state index contributed by atoms with van der Waals surface area (Å²) in [5.41, 5.74) is 1.56. The van der Waals surface area contributed by atoms with Gasteiger partial charge in [-0.2, -0.15) is 0 Å². The van der Waals surface area contributed by atoms with E-state index in [9.17, 15) is 8.42 Å². The van der Waals surface area contributed by atoms with Gasteiger partial charge in [-0.25, -0.2) is 13.1 Å². The van der Waals surface area contributed by atoms with Crippen LogP contribution in [0.2, 0.25) is 5.02 Å². The molecule has 0 aliphatic rings. The maximum Gasteiger partial charge on any atom is 0.240 e. The Labute approximate surface area is 129 Å². The molecule has 0 unspecified atom stereocenters. The highest BCUT2D eigenvalue weighted by atomic mass is 35.5. The Morgan fingerprint density at radius 1 is 1.10 bits per heavy atom. The van der Waals surface area contributed by atoms with E-state index in [-0.39, 0.29) is 16.5 Å². The molecule has 0 aliphatic heterocycles. The minimum Gasteiger partial charge on any atom is -0.392 e. The van der Waals surface area contributed by atoms with E-state index in [0.29, 0.717) is 18.5 Å². The van der Waals surface area contributed by atoms with Crippen molar-refractivity contribution in [2.24, 2.45) is 0 Å². The molecule has 0 amide bonds. The molecule has 112 valence electrons. The van der Waals surface area contributed by atoms with Gasteiger partial charge in [0.2, 0.25) is 10.0 Å². The van der Waals surface area contributed by atoms with E-state index in [1.807, 2.05) is 30.3 Å². The SMILES string of the molecule is O=S(=O)(NCCc1ccccc1)c1ccc(CO)c(Cl)c1. The van der Waals surface area contributed by atoms with E-state index in [4.69, 9.17) is 16.7 Å². The Morgan fingerprint density at radius 2 is 1.81 bits per heavy atom. The van der Waals surface area contributed by atoms with Gasteiger partial charge >= 0.3 is 0 Å². The number of aliphatic hydroxyl groups is 1. The summed E-state index contributed by atoms with van der Waals surface area (Å²) >= 11 is 5.91. The monoisotopic (exact) mass is 325 g/mol. The zero-order chi connectivity index (χ0) is 15.3. The highest BCUT2D eigenvalue weighted by Gasteiger charge is 2.15. The van der Waals surface area contributed by atoms with Crippen molar-refractivity contribution in [2.75, 3.05) is 6.54 Å². The summed E-state index contributed by atoms with van der Waals surface area (Å²) in [6.45, 7) is 0.0896. The Hall–Kier alpha value is -1.40. The zero-order valence-electron chi connectivity index (χ0n) is 11.3. The van der Waals surface area contributed by atoms with Gasteiger partial charge in [0.25, 0.3) is 0 Å². The highest BCUT2D eigenvalue weighted by molar-refractivity contribution is 7.89. The summed E-state index contributed by atoms with van der Waals surface area (Å²) in [5, 5.41) is 9.27. The molecule has 0 bridgehead atoms. The summed E-state index contributed by atoms with van der Waals surface area (Å²) in [6.07, 6.45) is 0.614. The molecule has 2 aromatic rings. The molecule has 0 aromatic heterocycles. The lowest BCUT2D eigenvalue weighted by Gasteiger charge is -2.08. The van der Waals surface area contributed by atoms with Gasteiger partial charge in [-0.05, 0) is 29.7 Å². The van der Waals surface area contributed by atoms with Crippen LogP contribution in [0.25, 0.3) is 0 Å². The normalized spacial score (nSPS) is 11.5. The van der Waals surface area contributed by atoms with Crippen molar-refractivity contribution in [3.05, 3.63) is 64.7 Å². The molecule has 0 radical (unpaired) electrons. The molecular weight excluding hydrogens is 310 g/mol. The molecule has 6 heteroatoms. The van der Waals surface area contributed by atoms with Crippen LogP contribution in [0.3, 0.4) is 0 Å². The third kappa shape index (κ3) is 4.28. The molecular formula is C15H16ClNO3S. The van der Waals surface area contributed by atoms with Crippen molar-refractivity contribution in [3.8, 4) is 0 Å². The standard InChI is InChI=1S/C15H16ClNO3S/c16-15-10-14(7-6-13(15)11-18)21(19,20)17-9-8-12-4-2-1-3-5-12/h1-7,10,17-18H,8-9,11H2. The summed E-state index contributed by atoms with van der Waals surface area (Å²) in [5.74, 6) is 0. The number of hydrogen-bond donors (Lipinski definition) is 2. The van der Waals surface area contributed by atoms with E-state index in [0.717, 1.165) is 5.56 Å². The first-order valence-electron chi connectivity index (χ1n) is 6.46. The third-order valence-corrected chi connectivity index (χ3v) is 4.86. The molecule has 0 atom stereocenters. The predicted octanol–water partition coefficient (Wildman–Crippen LogP) is 2.35. The number of rotatable bonds is 6. The zero-order valence-corrected chi connectivity index (χ0v) is 12.9. The fourth-order valence-corrected chi connectivity index (χ4v) is 3.24. The molecule has 0 aliphatic carbocycles. The molecule has 0 saturated heterocycles. The Morgan fingerprint density at radius 3 is 2.43 bits per heavy atom. The van der Waals surface area contributed by atoms with Gasteiger partial charge in [-0.15, -0.1) is 0 Å². The van der Waals surface area contributed by atoms with Gasteiger partial charge in [0.05, 0.1) is 11.5 Å². The van der Waals surface area contributed by atoms with Gasteiger partial charge < -0.3 is 5.11 Å². The first kappa shape index (κ1) is 16.0. The Balaban J connectivity index is 2.03. The maximum absolute atomic E-state index is 12.1. The quantitative estimate of drug-likeness (QED) is 0.856. The number of benzene rings is 2. The summed E-state index contributed by atoms with van der Waals surface area (Å²) in [7, 11) is -3.59. The van der Waals surface area contributed by atoms with E-state index in [1.165, 1.54) is 18.2 Å². The van der Waals surface area contributed by atoms with Gasteiger partial charge in [-0.3, -0.25) is 0 Å². The van der Waals surface area contributed by atoms with Gasteiger partial charge in [-0.1, -0.05) is 48.0 Å². The highest BCUT2D eigenvalue weighted by Crippen LogP contribution is 2.20. The lowest BCUT2D eigenvalue weighted by Crippen LogP contribution is -2.26. The lowest BCUT2D eigenvalue weighted by molar-refractivity contribution is 0.282. The minimum atomic E-state index is -3.59. The average Bonchev–Trinajstić information content (AvgIpc) is 2.48. The van der Waals surface area contributed by atoms with Gasteiger partial charge in [0, 0.05) is 11.6 Å². The number of sulfonamides is 1. The Bertz CT molecular complexity index is 702. The first-order chi connectivity index (χ1) is 10.0. The van der Waals surface area contributed by atoms with Gasteiger partial charge in [0.1, 0.15) is 0 Å². The molecule has 21 heavy (non-hydrogen) atoms. The summed E-state index contributed by atoms with van der Waals surface area (Å²) in [6, 6.07) is 13.9. The molecule has 0 spiro atoms. The third-order valence-electron chi connectivity index (χ3n) is 3.05. The second-order valence-electron chi connectivity index (χ2n) is 4.54. The number of halogens is 1. The topological polar surface area (TPSA) is 66.4 Å². The van der Waals surface area contributed by atoms with E-state index < -0.39 is 10.0 Å². The number of nitrogens with one attached hydrogen (secondary N) is 1. The van der Waals surface area contributed by atoms with Crippen LogP contribution in [0, 0.1) is 0 Å². The van der Waals surface area contributed by atoms with E-state index in [2.05, 4.69) is 4.72 Å². The molecule has 0 saturated carbocycles. The molecule has 2 N–H and O–H groups in total. The van der Waals surface area contributed by atoms with Crippen LogP contribution in [0.5, 0.6) is 0 Å². The van der Waals surface area contributed by atoms with Crippen molar-refractivity contribution in [2.45, 2.75) is 17.9 Å². The van der Waals surface area contributed by atoms with Crippen LogP contribution < -0.4 is 4.72 Å². The fraction of sp³-hybridized carbons (Fsp3) is 0.200. The van der Waals surface area contributed by atoms with Crippen molar-refractivity contribution in [1.29, 1.82) is 0 Å². The first-order valence-corrected chi connectivity index (χ1v) is 8.32. The second-order valence-corrected chi connectivity index (χ2v) is 6.72. The van der Waals surface area contributed by atoms with Crippen LogP contribution in [0.4, 0.5) is 0 Å². The van der Waals surface area contributed by atoms with Gasteiger partial charge in [0.15, 0.2) is 0 Å².